The minimum absolute atomic E-state index is 0. The van der Waals surface area contributed by atoms with Crippen molar-refractivity contribution in [2.24, 2.45) is 5.41 Å². The number of amides is 1. The summed E-state index contributed by atoms with van der Waals surface area (Å²) in [7, 11) is 0. The Morgan fingerprint density at radius 3 is 2.53 bits per heavy atom. The van der Waals surface area contributed by atoms with Crippen molar-refractivity contribution in [2.45, 2.75) is 76.0 Å². The maximum atomic E-state index is 14.2. The van der Waals surface area contributed by atoms with Crippen LogP contribution in [0.1, 0.15) is 63.5 Å². The third-order valence-corrected chi connectivity index (χ3v) is 7.73. The minimum Gasteiger partial charge on any atom is -0.394 e. The summed E-state index contributed by atoms with van der Waals surface area (Å²) in [5.74, 6) is -2.39. The lowest BCUT2D eigenvalue weighted by Crippen LogP contribution is -2.49. The summed E-state index contributed by atoms with van der Waals surface area (Å²) in [6, 6.07) is 7.06. The van der Waals surface area contributed by atoms with Gasteiger partial charge in [-0.15, -0.1) is 12.4 Å². The molecule has 2 aliphatic heterocycles. The fourth-order valence-electron chi connectivity index (χ4n) is 5.94. The Balaban J connectivity index is 0.00000400. The third-order valence-electron chi connectivity index (χ3n) is 7.44. The van der Waals surface area contributed by atoms with Crippen molar-refractivity contribution in [1.82, 2.24) is 5.32 Å². The number of benzene rings is 2. The largest absolute Gasteiger partial charge is 0.394 e. The molecule has 4 N–H and O–H groups in total. The quantitative estimate of drug-likeness (QED) is 0.362. The number of ketones is 1. The Morgan fingerprint density at radius 2 is 1.89 bits per heavy atom. The van der Waals surface area contributed by atoms with Gasteiger partial charge >= 0.3 is 0 Å². The van der Waals surface area contributed by atoms with Gasteiger partial charge in [0.25, 0.3) is 0 Å². The molecule has 1 spiro atoms. The van der Waals surface area contributed by atoms with Crippen LogP contribution in [0.5, 0.6) is 0 Å². The van der Waals surface area contributed by atoms with Crippen molar-refractivity contribution in [3.63, 3.8) is 0 Å². The summed E-state index contributed by atoms with van der Waals surface area (Å²) in [5, 5.41) is 25.0. The van der Waals surface area contributed by atoms with E-state index in [1.54, 1.807) is 12.1 Å². The fraction of sp³-hybridized carbons (Fsp3) is 0.500. The lowest BCUT2D eigenvalue weighted by molar-refractivity contribution is -0.122. The molecule has 1 fully saturated rings. The van der Waals surface area contributed by atoms with Gasteiger partial charge in [-0.25, -0.2) is 8.78 Å². The molecule has 2 aromatic carbocycles. The molecule has 4 rings (SSSR count). The van der Waals surface area contributed by atoms with Crippen LogP contribution < -0.4 is 10.6 Å². The number of hydrogen-bond acceptors (Lipinski definition) is 5. The van der Waals surface area contributed by atoms with Gasteiger partial charge < -0.3 is 20.8 Å². The second-order valence-electron chi connectivity index (χ2n) is 11.3. The van der Waals surface area contributed by atoms with E-state index in [2.05, 4.69) is 10.6 Å². The molecular weight excluding hydrogens is 537 g/mol. The van der Waals surface area contributed by atoms with E-state index in [9.17, 15) is 23.5 Å². The van der Waals surface area contributed by atoms with Gasteiger partial charge in [0.1, 0.15) is 22.8 Å². The molecule has 5 atom stereocenters. The first-order chi connectivity index (χ1) is 17.4. The summed E-state index contributed by atoms with van der Waals surface area (Å²) in [6.45, 7) is 5.72. The first-order valence-corrected chi connectivity index (χ1v) is 12.9. The number of fused-ring (bicyclic) bond motifs is 2. The highest BCUT2D eigenvalue weighted by Gasteiger charge is 2.65. The van der Waals surface area contributed by atoms with Crippen LogP contribution in [0.2, 0.25) is 5.02 Å². The lowest BCUT2D eigenvalue weighted by Gasteiger charge is -2.37. The molecule has 0 saturated carbocycles. The van der Waals surface area contributed by atoms with Gasteiger partial charge in [-0.1, -0.05) is 44.5 Å². The van der Waals surface area contributed by atoms with Crippen LogP contribution >= 0.6 is 24.0 Å². The molecule has 2 heterocycles. The first kappa shape index (κ1) is 30.4. The van der Waals surface area contributed by atoms with E-state index >= 15 is 0 Å². The standard InChI is InChI=1S/C28H33ClF2N2O4.ClH/c1-27(2,3)13-23-28(18-9-8-16(30)12-21(18)32-26(28)37)24(15-7-10-20(31)19(29)11-15)25(33-23)22(36)6-4-5-17(35)14-34;/h7-12,17,23-25,33-35H,4-6,13-14H2,1-3H3,(H,32,37);1H/t17-,23+,24-,25-,28-;/m0./s1. The van der Waals surface area contributed by atoms with Crippen LogP contribution in [0.3, 0.4) is 0 Å². The predicted molar refractivity (Wildman–Crippen MR) is 145 cm³/mol. The van der Waals surface area contributed by atoms with Crippen molar-refractivity contribution in [3.05, 3.63) is 64.2 Å². The molecule has 0 bridgehead atoms. The number of halogens is 4. The molecule has 2 aromatic rings. The average molecular weight is 571 g/mol. The number of hydrogen-bond donors (Lipinski definition) is 4. The summed E-state index contributed by atoms with van der Waals surface area (Å²) < 4.78 is 28.3. The van der Waals surface area contributed by atoms with E-state index in [1.807, 2.05) is 20.8 Å². The molecule has 1 amide bonds. The zero-order chi connectivity index (χ0) is 27.1. The molecule has 208 valence electrons. The maximum absolute atomic E-state index is 14.2. The lowest BCUT2D eigenvalue weighted by atomic mass is 9.62. The Morgan fingerprint density at radius 1 is 1.18 bits per heavy atom. The SMILES string of the molecule is CC(C)(C)C[C@H]1N[C@@H](C(=O)CCC[C@H](O)CO)[C@H](c2ccc(F)c(Cl)c2)[C@@]12C(=O)Nc1cc(F)ccc12.Cl. The molecule has 38 heavy (non-hydrogen) atoms. The Hall–Kier alpha value is -2.10. The van der Waals surface area contributed by atoms with Crippen molar-refractivity contribution >= 4 is 41.4 Å². The minimum atomic E-state index is -1.28. The number of carbonyl (C=O) groups excluding carboxylic acids is 2. The normalized spacial score (nSPS) is 25.2. The molecule has 0 radical (unpaired) electrons. The van der Waals surface area contributed by atoms with Gasteiger partial charge in [-0.2, -0.15) is 0 Å². The Labute approximate surface area is 232 Å². The molecule has 6 nitrogen and oxygen atoms in total. The molecule has 0 unspecified atom stereocenters. The smallest absolute Gasteiger partial charge is 0.237 e. The van der Waals surface area contributed by atoms with Crippen molar-refractivity contribution in [1.29, 1.82) is 0 Å². The highest BCUT2D eigenvalue weighted by Crippen LogP contribution is 2.56. The molecule has 10 heteroatoms. The van der Waals surface area contributed by atoms with E-state index in [0.717, 1.165) is 0 Å². The number of Topliss-reactive ketones (excluding diaryl/α,β-unsaturated/α-hetero) is 1. The molecule has 0 aliphatic carbocycles. The Bertz CT molecular complexity index is 1210. The number of rotatable bonds is 8. The molecule has 0 aromatic heterocycles. The topological polar surface area (TPSA) is 98.7 Å². The van der Waals surface area contributed by atoms with Crippen molar-refractivity contribution in [3.8, 4) is 0 Å². The van der Waals surface area contributed by atoms with Crippen LogP contribution in [0, 0.1) is 17.0 Å². The molecule has 1 saturated heterocycles. The zero-order valence-electron chi connectivity index (χ0n) is 21.6. The van der Waals surface area contributed by atoms with Crippen LogP contribution in [-0.2, 0) is 15.0 Å². The summed E-state index contributed by atoms with van der Waals surface area (Å²) in [5.41, 5.74) is -0.0545. The maximum Gasteiger partial charge on any atom is 0.237 e. The summed E-state index contributed by atoms with van der Waals surface area (Å²) in [6.07, 6.45) is 0.312. The van der Waals surface area contributed by atoms with Gasteiger partial charge in [0.2, 0.25) is 5.91 Å². The summed E-state index contributed by atoms with van der Waals surface area (Å²) in [4.78, 5) is 27.6. The number of aliphatic hydroxyl groups excluding tert-OH is 2. The number of anilines is 1. The number of nitrogens with one attached hydrogen (secondary N) is 2. The van der Waals surface area contributed by atoms with Gasteiger partial charge in [-0.05, 0) is 60.1 Å². The molecule has 2 aliphatic rings. The fourth-order valence-corrected chi connectivity index (χ4v) is 6.13. The van der Waals surface area contributed by atoms with E-state index in [-0.39, 0.29) is 47.4 Å². The van der Waals surface area contributed by atoms with E-state index < -0.39 is 47.8 Å². The monoisotopic (exact) mass is 570 g/mol. The van der Waals surface area contributed by atoms with Gasteiger partial charge in [-0.3, -0.25) is 9.59 Å². The van der Waals surface area contributed by atoms with Gasteiger partial charge in [0.15, 0.2) is 0 Å². The third kappa shape index (κ3) is 5.61. The number of aliphatic hydroxyl groups is 2. The summed E-state index contributed by atoms with van der Waals surface area (Å²) >= 11 is 6.17. The van der Waals surface area contributed by atoms with E-state index in [4.69, 9.17) is 16.7 Å². The van der Waals surface area contributed by atoms with Crippen LogP contribution in [0.4, 0.5) is 14.5 Å². The second kappa shape index (κ2) is 11.6. The zero-order valence-corrected chi connectivity index (χ0v) is 23.1. The highest BCUT2D eigenvalue weighted by molar-refractivity contribution is 6.30. The predicted octanol–water partition coefficient (Wildman–Crippen LogP) is 4.88. The number of carbonyl (C=O) groups is 2. The second-order valence-corrected chi connectivity index (χ2v) is 11.7. The van der Waals surface area contributed by atoms with E-state index in [0.29, 0.717) is 29.7 Å². The first-order valence-electron chi connectivity index (χ1n) is 12.5. The van der Waals surface area contributed by atoms with Crippen LogP contribution in [0.15, 0.2) is 36.4 Å². The van der Waals surface area contributed by atoms with Crippen LogP contribution in [-0.4, -0.2) is 46.7 Å². The highest BCUT2D eigenvalue weighted by atomic mass is 35.5. The Kier molecular flexibility index (Phi) is 9.26. The molecular formula is C28H34Cl2F2N2O4. The van der Waals surface area contributed by atoms with Crippen LogP contribution in [0.25, 0.3) is 0 Å². The van der Waals surface area contributed by atoms with E-state index in [1.165, 1.54) is 24.3 Å². The van der Waals surface area contributed by atoms with Crippen molar-refractivity contribution in [2.75, 3.05) is 11.9 Å². The van der Waals surface area contributed by atoms with Gasteiger partial charge in [0.05, 0.1) is 23.8 Å². The van der Waals surface area contributed by atoms with Crippen molar-refractivity contribution < 1.29 is 28.6 Å². The van der Waals surface area contributed by atoms with Gasteiger partial charge in [0, 0.05) is 24.1 Å². The average Bonchev–Trinajstić information content (AvgIpc) is 3.29.